The van der Waals surface area contributed by atoms with Gasteiger partial charge in [0.25, 0.3) is 10.0 Å². The Labute approximate surface area is 136 Å². The Morgan fingerprint density at radius 3 is 2.13 bits per heavy atom. The summed E-state index contributed by atoms with van der Waals surface area (Å²) in [5.74, 6) is 0.868. The lowest BCUT2D eigenvalue weighted by Gasteiger charge is -2.07. The lowest BCUT2D eigenvalue weighted by atomic mass is 10.1. The number of hydrogen-bond donors (Lipinski definition) is 0. The van der Waals surface area contributed by atoms with Gasteiger partial charge in [-0.15, -0.1) is 4.40 Å². The molecular formula is C17H19NO4S. The van der Waals surface area contributed by atoms with E-state index in [2.05, 4.69) is 4.40 Å². The van der Waals surface area contributed by atoms with Crippen LogP contribution in [0.15, 0.2) is 57.8 Å². The van der Waals surface area contributed by atoms with Crippen LogP contribution in [0.4, 0.5) is 0 Å². The molecule has 0 heterocycles. The largest absolute Gasteiger partial charge is 0.497 e. The average Bonchev–Trinajstić information content (AvgIpc) is 2.55. The van der Waals surface area contributed by atoms with Crippen LogP contribution in [0.1, 0.15) is 11.1 Å². The lowest BCUT2D eigenvalue weighted by Crippen LogP contribution is -2.10. The number of nitrogens with zero attached hydrogens (tertiary/aromatic N) is 1. The van der Waals surface area contributed by atoms with Gasteiger partial charge in [-0.05, 0) is 36.8 Å². The quantitative estimate of drug-likeness (QED) is 0.623. The second-order valence-corrected chi connectivity index (χ2v) is 6.61. The number of aryl methyl sites for hydroxylation is 1. The van der Waals surface area contributed by atoms with E-state index in [1.165, 1.54) is 19.2 Å². The van der Waals surface area contributed by atoms with E-state index in [0.29, 0.717) is 0 Å². The van der Waals surface area contributed by atoms with Crippen molar-refractivity contribution < 1.29 is 17.9 Å². The third-order valence-corrected chi connectivity index (χ3v) is 4.60. The molecule has 0 amide bonds. The van der Waals surface area contributed by atoms with Gasteiger partial charge in [-0.25, -0.2) is 0 Å². The van der Waals surface area contributed by atoms with Gasteiger partial charge in [0.1, 0.15) is 5.75 Å². The van der Waals surface area contributed by atoms with Gasteiger partial charge in [0.2, 0.25) is 5.90 Å². The number of hydrogen-bond acceptors (Lipinski definition) is 4. The Hall–Kier alpha value is -2.34. The molecule has 0 spiro atoms. The fraction of sp³-hybridized carbons (Fsp3) is 0.235. The summed E-state index contributed by atoms with van der Waals surface area (Å²) in [4.78, 5) is 0.146. The molecule has 0 saturated carbocycles. The minimum absolute atomic E-state index is 0.135. The van der Waals surface area contributed by atoms with Crippen LogP contribution in [0.2, 0.25) is 0 Å². The standard InChI is InChI=1S/C17H19NO4S/c1-13-4-10-16(11-5-13)23(19,20)18-17(22-3)12-14-6-8-15(21-2)9-7-14/h4-11H,12H2,1-3H3/b18-17-. The molecule has 2 aromatic carbocycles. The molecule has 0 aliphatic carbocycles. The van der Waals surface area contributed by atoms with Crippen molar-refractivity contribution in [3.63, 3.8) is 0 Å². The van der Waals surface area contributed by atoms with E-state index in [4.69, 9.17) is 9.47 Å². The van der Waals surface area contributed by atoms with Crippen molar-refractivity contribution in [2.24, 2.45) is 4.40 Å². The van der Waals surface area contributed by atoms with Crippen LogP contribution in [-0.4, -0.2) is 28.5 Å². The summed E-state index contributed by atoms with van der Waals surface area (Å²) in [7, 11) is -0.785. The van der Waals surface area contributed by atoms with Crippen molar-refractivity contribution in [1.29, 1.82) is 0 Å². The normalized spacial score (nSPS) is 12.0. The molecular weight excluding hydrogens is 314 g/mol. The van der Waals surface area contributed by atoms with E-state index in [-0.39, 0.29) is 17.2 Å². The Kier molecular flexibility index (Phi) is 5.39. The van der Waals surface area contributed by atoms with Gasteiger partial charge in [0.05, 0.1) is 19.1 Å². The molecule has 0 atom stereocenters. The van der Waals surface area contributed by atoms with Gasteiger partial charge in [-0.1, -0.05) is 29.8 Å². The summed E-state index contributed by atoms with van der Waals surface area (Å²) in [6.07, 6.45) is 0.283. The van der Waals surface area contributed by atoms with Crippen molar-refractivity contribution in [3.8, 4) is 5.75 Å². The highest BCUT2D eigenvalue weighted by molar-refractivity contribution is 7.90. The zero-order valence-corrected chi connectivity index (χ0v) is 14.1. The van der Waals surface area contributed by atoms with Crippen molar-refractivity contribution >= 4 is 15.9 Å². The van der Waals surface area contributed by atoms with Gasteiger partial charge in [0.15, 0.2) is 0 Å². The molecule has 0 bridgehead atoms. The summed E-state index contributed by atoms with van der Waals surface area (Å²) >= 11 is 0. The maximum absolute atomic E-state index is 12.3. The summed E-state index contributed by atoms with van der Waals surface area (Å²) < 4.78 is 38.7. The number of rotatable bonds is 5. The molecule has 0 unspecified atom stereocenters. The third kappa shape index (κ3) is 4.56. The molecule has 2 rings (SSSR count). The molecule has 0 saturated heterocycles. The SMILES string of the molecule is CO/C(Cc1ccc(OC)cc1)=N\S(=O)(=O)c1ccc(C)cc1. The predicted octanol–water partition coefficient (Wildman–Crippen LogP) is 2.98. The van der Waals surface area contributed by atoms with Crippen LogP contribution in [0.5, 0.6) is 5.75 Å². The molecule has 23 heavy (non-hydrogen) atoms. The van der Waals surface area contributed by atoms with Crippen LogP contribution < -0.4 is 4.74 Å². The van der Waals surface area contributed by atoms with E-state index >= 15 is 0 Å². The highest BCUT2D eigenvalue weighted by Crippen LogP contribution is 2.16. The smallest absolute Gasteiger partial charge is 0.285 e. The second kappa shape index (κ2) is 7.28. The number of sulfonamides is 1. The first-order valence-electron chi connectivity index (χ1n) is 7.02. The van der Waals surface area contributed by atoms with Gasteiger partial charge in [0, 0.05) is 6.42 Å². The fourth-order valence-electron chi connectivity index (χ4n) is 1.96. The summed E-state index contributed by atoms with van der Waals surface area (Å²) in [6, 6.07) is 13.8. The van der Waals surface area contributed by atoms with Crippen molar-refractivity contribution in [1.82, 2.24) is 0 Å². The molecule has 0 aliphatic heterocycles. The highest BCUT2D eigenvalue weighted by atomic mass is 32.2. The van der Waals surface area contributed by atoms with Crippen molar-refractivity contribution in [2.45, 2.75) is 18.2 Å². The third-order valence-electron chi connectivity index (χ3n) is 3.29. The molecule has 0 N–H and O–H groups in total. The zero-order valence-electron chi connectivity index (χ0n) is 13.3. The predicted molar refractivity (Wildman–Crippen MR) is 89.5 cm³/mol. The maximum atomic E-state index is 12.3. The first kappa shape index (κ1) is 17.0. The number of methoxy groups -OCH3 is 2. The molecule has 0 fully saturated rings. The zero-order chi connectivity index (χ0) is 16.9. The summed E-state index contributed by atoms with van der Waals surface area (Å²) in [5.41, 5.74) is 1.86. The van der Waals surface area contributed by atoms with Gasteiger partial charge >= 0.3 is 0 Å². The van der Waals surface area contributed by atoms with Gasteiger partial charge < -0.3 is 9.47 Å². The number of benzene rings is 2. The van der Waals surface area contributed by atoms with Gasteiger partial charge in [-0.2, -0.15) is 8.42 Å². The molecule has 122 valence electrons. The topological polar surface area (TPSA) is 65.0 Å². The summed E-state index contributed by atoms with van der Waals surface area (Å²) in [6.45, 7) is 1.89. The molecule has 0 aromatic heterocycles. The minimum Gasteiger partial charge on any atom is -0.497 e. The summed E-state index contributed by atoms with van der Waals surface area (Å²) in [5, 5.41) is 0. The Bertz CT molecular complexity index is 778. The maximum Gasteiger partial charge on any atom is 0.285 e. The van der Waals surface area contributed by atoms with Crippen LogP contribution in [0, 0.1) is 6.92 Å². The molecule has 0 radical (unpaired) electrons. The van der Waals surface area contributed by atoms with E-state index in [0.717, 1.165) is 16.9 Å². The minimum atomic E-state index is -3.78. The van der Waals surface area contributed by atoms with Gasteiger partial charge in [-0.3, -0.25) is 0 Å². The van der Waals surface area contributed by atoms with Crippen molar-refractivity contribution in [3.05, 3.63) is 59.7 Å². The highest BCUT2D eigenvalue weighted by Gasteiger charge is 2.15. The van der Waals surface area contributed by atoms with E-state index < -0.39 is 10.0 Å². The Balaban J connectivity index is 2.24. The fourth-order valence-corrected chi connectivity index (χ4v) is 2.95. The number of ether oxygens (including phenoxy) is 2. The monoisotopic (exact) mass is 333 g/mol. The lowest BCUT2D eigenvalue weighted by molar-refractivity contribution is 0.394. The molecule has 0 aliphatic rings. The average molecular weight is 333 g/mol. The van der Waals surface area contributed by atoms with E-state index in [1.54, 1.807) is 31.4 Å². The first-order valence-corrected chi connectivity index (χ1v) is 8.46. The van der Waals surface area contributed by atoms with Crippen molar-refractivity contribution in [2.75, 3.05) is 14.2 Å². The molecule has 2 aromatic rings. The van der Waals surface area contributed by atoms with Crippen LogP contribution in [0.3, 0.4) is 0 Å². The molecule has 5 nitrogen and oxygen atoms in total. The Morgan fingerprint density at radius 2 is 1.61 bits per heavy atom. The second-order valence-electron chi connectivity index (χ2n) is 5.00. The molecule has 6 heteroatoms. The van der Waals surface area contributed by atoms with Crippen LogP contribution in [0.25, 0.3) is 0 Å². The van der Waals surface area contributed by atoms with E-state index in [1.807, 2.05) is 19.1 Å². The van der Waals surface area contributed by atoms with E-state index in [9.17, 15) is 8.42 Å². The van der Waals surface area contributed by atoms with Crippen LogP contribution >= 0.6 is 0 Å². The Morgan fingerprint density at radius 1 is 1.00 bits per heavy atom. The first-order chi connectivity index (χ1) is 10.9. The van der Waals surface area contributed by atoms with Crippen LogP contribution in [-0.2, 0) is 21.2 Å².